The lowest BCUT2D eigenvalue weighted by Gasteiger charge is -2.17. The Bertz CT molecular complexity index is 1300. The molecule has 1 aliphatic rings. The largest absolute Gasteiger partial charge is 0.490 e. The first-order valence-corrected chi connectivity index (χ1v) is 11.2. The first-order chi connectivity index (χ1) is 16.5. The van der Waals surface area contributed by atoms with Gasteiger partial charge in [0.05, 0.1) is 11.6 Å². The molecular weight excluding hydrogens is 455 g/mol. The zero-order valence-electron chi connectivity index (χ0n) is 18.6. The molecule has 0 saturated carbocycles. The van der Waals surface area contributed by atoms with Gasteiger partial charge in [0, 0.05) is 17.8 Å². The molecule has 1 heterocycles. The third-order valence-electron chi connectivity index (χ3n) is 5.46. The van der Waals surface area contributed by atoms with Crippen LogP contribution in [0.25, 0.3) is 6.08 Å². The zero-order chi connectivity index (χ0) is 24.1. The molecule has 0 atom stereocenters. The van der Waals surface area contributed by atoms with Gasteiger partial charge in [-0.25, -0.2) is 4.39 Å². The van der Waals surface area contributed by atoms with Crippen LogP contribution in [0.4, 0.5) is 10.1 Å². The number of hydrogen-bond acceptors (Lipinski definition) is 4. The topological polar surface area (TPSA) is 62.6 Å². The molecule has 0 aliphatic carbocycles. The number of amides is 1. The number of carbonyl (C=O) groups is 1. The van der Waals surface area contributed by atoms with E-state index >= 15 is 0 Å². The highest BCUT2D eigenvalue weighted by Gasteiger charge is 2.26. The lowest BCUT2D eigenvalue weighted by Crippen LogP contribution is -2.29. The van der Waals surface area contributed by atoms with Crippen LogP contribution >= 0.6 is 11.6 Å². The first-order valence-electron chi connectivity index (χ1n) is 10.9. The highest BCUT2D eigenvalue weighted by molar-refractivity contribution is 6.32. The number of para-hydroxylation sites is 1. The van der Waals surface area contributed by atoms with Crippen LogP contribution in [0.3, 0.4) is 0 Å². The van der Waals surface area contributed by atoms with Crippen molar-refractivity contribution in [1.82, 2.24) is 0 Å². The van der Waals surface area contributed by atoms with Gasteiger partial charge in [0.15, 0.2) is 11.5 Å². The number of nitriles is 1. The second-order valence-electron chi connectivity index (χ2n) is 7.65. The molecule has 0 fully saturated rings. The Morgan fingerprint density at radius 2 is 1.94 bits per heavy atom. The van der Waals surface area contributed by atoms with E-state index in [1.807, 2.05) is 37.3 Å². The lowest BCUT2D eigenvalue weighted by molar-refractivity contribution is -0.114. The van der Waals surface area contributed by atoms with E-state index in [2.05, 4.69) is 0 Å². The van der Waals surface area contributed by atoms with Crippen LogP contribution < -0.4 is 14.4 Å². The number of fused-ring (bicyclic) bond motifs is 1. The molecule has 0 aromatic heterocycles. The third-order valence-corrected chi connectivity index (χ3v) is 5.74. The van der Waals surface area contributed by atoms with Crippen LogP contribution in [-0.4, -0.2) is 19.1 Å². The van der Waals surface area contributed by atoms with Gasteiger partial charge in [-0.2, -0.15) is 5.26 Å². The Balaban J connectivity index is 1.61. The van der Waals surface area contributed by atoms with E-state index in [9.17, 15) is 14.4 Å². The van der Waals surface area contributed by atoms with Crippen molar-refractivity contribution in [2.24, 2.45) is 0 Å². The average Bonchev–Trinajstić information content (AvgIpc) is 3.27. The van der Waals surface area contributed by atoms with Crippen molar-refractivity contribution in [3.63, 3.8) is 0 Å². The predicted molar refractivity (Wildman–Crippen MR) is 129 cm³/mol. The average molecular weight is 477 g/mol. The molecule has 0 radical (unpaired) electrons. The maximum absolute atomic E-state index is 14.0. The normalized spacial score (nSPS) is 12.8. The fourth-order valence-electron chi connectivity index (χ4n) is 3.84. The van der Waals surface area contributed by atoms with E-state index in [-0.39, 0.29) is 34.7 Å². The van der Waals surface area contributed by atoms with Gasteiger partial charge in [0.2, 0.25) is 0 Å². The number of carbonyl (C=O) groups excluding carboxylic acids is 1. The summed E-state index contributed by atoms with van der Waals surface area (Å²) in [7, 11) is 0. The molecule has 5 nitrogen and oxygen atoms in total. The molecule has 172 valence electrons. The number of ether oxygens (including phenoxy) is 2. The highest BCUT2D eigenvalue weighted by Crippen LogP contribution is 2.38. The molecule has 1 amide bonds. The van der Waals surface area contributed by atoms with Gasteiger partial charge in [-0.3, -0.25) is 4.79 Å². The highest BCUT2D eigenvalue weighted by atomic mass is 35.5. The molecule has 0 saturated heterocycles. The predicted octanol–water partition coefficient (Wildman–Crippen LogP) is 5.95. The summed E-state index contributed by atoms with van der Waals surface area (Å²) in [5, 5.41) is 9.94. The molecule has 7 heteroatoms. The van der Waals surface area contributed by atoms with Crippen LogP contribution in [0.5, 0.6) is 11.5 Å². The Labute approximate surface area is 202 Å². The minimum absolute atomic E-state index is 0.0183. The molecule has 1 aliphatic heterocycles. The van der Waals surface area contributed by atoms with Gasteiger partial charge >= 0.3 is 0 Å². The van der Waals surface area contributed by atoms with Crippen molar-refractivity contribution in [2.75, 3.05) is 18.1 Å². The molecule has 34 heavy (non-hydrogen) atoms. The maximum Gasteiger partial charge on any atom is 0.268 e. The Morgan fingerprint density at radius 3 is 2.71 bits per heavy atom. The summed E-state index contributed by atoms with van der Waals surface area (Å²) in [4.78, 5) is 14.7. The Kier molecular flexibility index (Phi) is 7.15. The summed E-state index contributed by atoms with van der Waals surface area (Å²) in [6.07, 6.45) is 2.23. The van der Waals surface area contributed by atoms with Crippen LogP contribution in [-0.2, 0) is 17.8 Å². The second kappa shape index (κ2) is 10.4. The second-order valence-corrected chi connectivity index (χ2v) is 8.06. The Morgan fingerprint density at radius 1 is 1.18 bits per heavy atom. The first kappa shape index (κ1) is 23.3. The molecule has 3 aromatic rings. The number of rotatable bonds is 7. The zero-order valence-corrected chi connectivity index (χ0v) is 19.3. The van der Waals surface area contributed by atoms with Crippen LogP contribution in [0, 0.1) is 17.1 Å². The SMILES string of the molecule is CCOc1cc(/C=C(\C#N)C(=O)N2CCc3ccccc32)cc(Cl)c1OCc1ccccc1F. The number of hydrogen-bond donors (Lipinski definition) is 0. The molecular formula is C27H22ClFN2O3. The van der Waals surface area contributed by atoms with Gasteiger partial charge < -0.3 is 14.4 Å². The number of halogens is 2. The van der Waals surface area contributed by atoms with Crippen LogP contribution in [0.15, 0.2) is 66.2 Å². The smallest absolute Gasteiger partial charge is 0.268 e. The fraction of sp³-hybridized carbons (Fsp3) is 0.185. The summed E-state index contributed by atoms with van der Waals surface area (Å²) in [5.74, 6) is -0.144. The number of nitrogens with zero attached hydrogens (tertiary/aromatic N) is 2. The quantitative estimate of drug-likeness (QED) is 0.312. The number of anilines is 1. The minimum atomic E-state index is -0.378. The maximum atomic E-state index is 14.0. The minimum Gasteiger partial charge on any atom is -0.490 e. The fourth-order valence-corrected chi connectivity index (χ4v) is 4.12. The molecule has 0 bridgehead atoms. The van der Waals surface area contributed by atoms with Crippen molar-refractivity contribution in [2.45, 2.75) is 20.0 Å². The molecule has 0 spiro atoms. The van der Waals surface area contributed by atoms with Crippen molar-refractivity contribution in [1.29, 1.82) is 5.26 Å². The Hall–Kier alpha value is -3.82. The molecule has 0 unspecified atom stereocenters. The van der Waals surface area contributed by atoms with Crippen molar-refractivity contribution >= 4 is 29.3 Å². The van der Waals surface area contributed by atoms with Crippen molar-refractivity contribution in [3.05, 3.63) is 93.8 Å². The molecule has 3 aromatic carbocycles. The van der Waals surface area contributed by atoms with Gasteiger partial charge in [0.25, 0.3) is 5.91 Å². The third kappa shape index (κ3) is 4.90. The van der Waals surface area contributed by atoms with Crippen LogP contribution in [0.2, 0.25) is 5.02 Å². The molecule has 4 rings (SSSR count). The monoisotopic (exact) mass is 476 g/mol. The number of benzene rings is 3. The van der Waals surface area contributed by atoms with E-state index in [1.54, 1.807) is 35.2 Å². The van der Waals surface area contributed by atoms with E-state index in [0.717, 1.165) is 17.7 Å². The van der Waals surface area contributed by atoms with Crippen molar-refractivity contribution in [3.8, 4) is 17.6 Å². The molecule has 0 N–H and O–H groups in total. The van der Waals surface area contributed by atoms with Crippen LogP contribution in [0.1, 0.15) is 23.6 Å². The standard InChI is InChI=1S/C27H22ClFN2O3/c1-2-33-25-15-18(14-22(28)26(25)34-17-20-8-3-5-9-23(20)29)13-21(16-30)27(32)31-12-11-19-7-4-6-10-24(19)31/h3-10,13-15H,2,11-12,17H2,1H3/b21-13+. The van der Waals surface area contributed by atoms with E-state index in [0.29, 0.717) is 30.0 Å². The van der Waals surface area contributed by atoms with Gasteiger partial charge in [-0.05, 0) is 54.8 Å². The van der Waals surface area contributed by atoms with Gasteiger partial charge in [-0.15, -0.1) is 0 Å². The summed E-state index contributed by atoms with van der Waals surface area (Å²) in [6, 6.07) is 19.2. The summed E-state index contributed by atoms with van der Waals surface area (Å²) >= 11 is 6.47. The van der Waals surface area contributed by atoms with E-state index in [1.165, 1.54) is 12.1 Å². The summed E-state index contributed by atoms with van der Waals surface area (Å²) in [5.41, 5.74) is 2.78. The van der Waals surface area contributed by atoms with Gasteiger partial charge in [0.1, 0.15) is 24.1 Å². The lowest BCUT2D eigenvalue weighted by atomic mass is 10.1. The summed E-state index contributed by atoms with van der Waals surface area (Å²) in [6.45, 7) is 2.64. The van der Waals surface area contributed by atoms with E-state index < -0.39 is 0 Å². The van der Waals surface area contributed by atoms with Crippen molar-refractivity contribution < 1.29 is 18.7 Å². The van der Waals surface area contributed by atoms with E-state index in [4.69, 9.17) is 21.1 Å². The van der Waals surface area contributed by atoms with Gasteiger partial charge in [-0.1, -0.05) is 48.0 Å². The summed E-state index contributed by atoms with van der Waals surface area (Å²) < 4.78 is 25.4.